The third-order valence-electron chi connectivity index (χ3n) is 8.74. The van der Waals surface area contributed by atoms with Crippen molar-refractivity contribution < 1.29 is 48.7 Å². The Balaban J connectivity index is 1.67. The average Bonchev–Trinajstić information content (AvgIpc) is 3.41. The molecule has 2 spiro atoms. The molecule has 41 heavy (non-hydrogen) atoms. The van der Waals surface area contributed by atoms with Crippen molar-refractivity contribution in [3.63, 3.8) is 0 Å². The van der Waals surface area contributed by atoms with Crippen LogP contribution in [-0.2, 0) is 21.4 Å². The highest BCUT2D eigenvalue weighted by Gasteiger charge is 2.68. The van der Waals surface area contributed by atoms with Crippen LogP contribution in [0.3, 0.4) is 0 Å². The summed E-state index contributed by atoms with van der Waals surface area (Å²) in [6.07, 6.45) is 0.871. The maximum absolute atomic E-state index is 15.2. The van der Waals surface area contributed by atoms with Gasteiger partial charge in [0.05, 0.1) is 19.8 Å². The number of phenolic OH excluding ortho intramolecular Hbond substituents is 4. The molecule has 3 aromatic carbocycles. The highest BCUT2D eigenvalue weighted by Crippen LogP contribution is 2.63. The number of phenols is 4. The van der Waals surface area contributed by atoms with Crippen LogP contribution in [0.1, 0.15) is 34.0 Å². The number of ether oxygens (including phenoxy) is 2. The van der Waals surface area contributed by atoms with Gasteiger partial charge in [0.15, 0.2) is 34.3 Å². The van der Waals surface area contributed by atoms with E-state index in [1.54, 1.807) is 0 Å². The topological polar surface area (TPSA) is 181 Å². The van der Waals surface area contributed by atoms with Gasteiger partial charge in [-0.1, -0.05) is 0 Å². The lowest BCUT2D eigenvalue weighted by molar-refractivity contribution is -0.136. The van der Waals surface area contributed by atoms with E-state index in [-0.39, 0.29) is 56.4 Å². The number of aromatic hydroxyl groups is 4. The van der Waals surface area contributed by atoms with Gasteiger partial charge in [0, 0.05) is 40.1 Å². The van der Waals surface area contributed by atoms with Crippen LogP contribution in [0.5, 0.6) is 34.5 Å². The van der Waals surface area contributed by atoms with Crippen molar-refractivity contribution in [1.82, 2.24) is 0 Å². The molecule has 0 saturated heterocycles. The smallest absolute Gasteiger partial charge is 0.347 e. The third-order valence-corrected chi connectivity index (χ3v) is 8.74. The average molecular weight is 556 g/mol. The normalized spacial score (nSPS) is 22.4. The van der Waals surface area contributed by atoms with Gasteiger partial charge in [0.25, 0.3) is 0 Å². The van der Waals surface area contributed by atoms with E-state index in [0.29, 0.717) is 5.56 Å². The Kier molecular flexibility index (Phi) is 4.49. The van der Waals surface area contributed by atoms with Crippen molar-refractivity contribution in [3.8, 4) is 34.5 Å². The number of hydrogen-bond acceptors (Lipinski definition) is 11. The van der Waals surface area contributed by atoms with Crippen LogP contribution in [0.4, 0.5) is 0 Å². The molecule has 3 aliphatic rings. The minimum absolute atomic E-state index is 0.0728. The monoisotopic (exact) mass is 556 g/mol. The molecule has 0 bridgehead atoms. The van der Waals surface area contributed by atoms with Gasteiger partial charge in [0.1, 0.15) is 39.4 Å². The number of carbonyl (C=O) groups excluding carboxylic acids is 3. The molecule has 11 nitrogen and oxygen atoms in total. The number of ketones is 3. The summed E-state index contributed by atoms with van der Waals surface area (Å²) in [6.45, 7) is 1.45. The first kappa shape index (κ1) is 24.7. The fourth-order valence-corrected chi connectivity index (χ4v) is 7.01. The van der Waals surface area contributed by atoms with Gasteiger partial charge in [-0.25, -0.2) is 4.79 Å². The Morgan fingerprint density at radius 1 is 0.829 bits per heavy atom. The van der Waals surface area contributed by atoms with Gasteiger partial charge < -0.3 is 34.3 Å². The van der Waals surface area contributed by atoms with Crippen molar-refractivity contribution in [1.29, 1.82) is 0 Å². The highest BCUT2D eigenvalue weighted by atomic mass is 16.5. The zero-order chi connectivity index (χ0) is 29.3. The second kappa shape index (κ2) is 7.45. The predicted molar refractivity (Wildman–Crippen MR) is 141 cm³/mol. The Morgan fingerprint density at radius 2 is 1.56 bits per heavy atom. The minimum atomic E-state index is -2.50. The molecule has 7 rings (SSSR count). The summed E-state index contributed by atoms with van der Waals surface area (Å²) in [7, 11) is 2.60. The number of fused-ring (bicyclic) bond motifs is 3. The fourth-order valence-electron chi connectivity index (χ4n) is 7.01. The van der Waals surface area contributed by atoms with E-state index in [4.69, 9.17) is 13.9 Å². The first-order valence-electron chi connectivity index (χ1n) is 12.4. The van der Waals surface area contributed by atoms with E-state index in [1.165, 1.54) is 33.3 Å². The van der Waals surface area contributed by atoms with Crippen LogP contribution in [0.15, 0.2) is 45.1 Å². The van der Waals surface area contributed by atoms with Crippen molar-refractivity contribution >= 4 is 39.1 Å². The third kappa shape index (κ3) is 2.50. The number of hydrogen-bond donors (Lipinski definition) is 4. The van der Waals surface area contributed by atoms with Crippen LogP contribution in [0, 0.1) is 5.41 Å². The molecule has 0 aliphatic heterocycles. The van der Waals surface area contributed by atoms with Gasteiger partial charge in [0.2, 0.25) is 0 Å². The summed E-state index contributed by atoms with van der Waals surface area (Å²) >= 11 is 0. The first-order valence-corrected chi connectivity index (χ1v) is 12.4. The summed E-state index contributed by atoms with van der Waals surface area (Å²) in [6, 6.07) is 4.76. The number of benzene rings is 3. The van der Waals surface area contributed by atoms with Gasteiger partial charge in [-0.05, 0) is 36.6 Å². The molecule has 0 fully saturated rings. The predicted octanol–water partition coefficient (Wildman–Crippen LogP) is 2.91. The second-order valence-corrected chi connectivity index (χ2v) is 10.5. The number of rotatable bonds is 2. The van der Waals surface area contributed by atoms with E-state index < -0.39 is 62.4 Å². The number of Topliss-reactive ketones (excluding diaryl/α,β-unsaturated/α-hetero) is 2. The molecule has 3 aliphatic carbocycles. The lowest BCUT2D eigenvalue weighted by Crippen LogP contribution is -2.57. The lowest BCUT2D eigenvalue weighted by Gasteiger charge is -2.41. The van der Waals surface area contributed by atoms with Crippen LogP contribution < -0.4 is 15.1 Å². The summed E-state index contributed by atoms with van der Waals surface area (Å²) in [5.41, 5.74) is -6.10. The zero-order valence-corrected chi connectivity index (χ0v) is 21.7. The first-order chi connectivity index (χ1) is 19.4. The second-order valence-electron chi connectivity index (χ2n) is 10.5. The molecule has 4 N–H and O–H groups in total. The number of allylic oxidation sites excluding steroid dienone is 2. The Labute approximate surface area is 229 Å². The van der Waals surface area contributed by atoms with Gasteiger partial charge >= 0.3 is 5.63 Å². The van der Waals surface area contributed by atoms with E-state index in [0.717, 1.165) is 18.2 Å². The quantitative estimate of drug-likeness (QED) is 0.123. The van der Waals surface area contributed by atoms with Crippen molar-refractivity contribution in [2.45, 2.75) is 18.8 Å². The van der Waals surface area contributed by atoms with Crippen LogP contribution in [-0.4, -0.2) is 52.0 Å². The van der Waals surface area contributed by atoms with Crippen molar-refractivity contribution in [2.24, 2.45) is 5.41 Å². The van der Waals surface area contributed by atoms with Gasteiger partial charge in [-0.2, -0.15) is 0 Å². The van der Waals surface area contributed by atoms with E-state index in [1.807, 2.05) is 0 Å². The van der Waals surface area contributed by atoms with Crippen LogP contribution >= 0.6 is 0 Å². The van der Waals surface area contributed by atoms with Gasteiger partial charge in [-0.3, -0.25) is 14.4 Å². The Morgan fingerprint density at radius 3 is 2.24 bits per heavy atom. The largest absolute Gasteiger partial charge is 0.507 e. The molecule has 0 saturated carbocycles. The van der Waals surface area contributed by atoms with Crippen LogP contribution in [0.25, 0.3) is 21.7 Å². The SMILES string of the molecule is COc1cc(O)c2c(c1)C[C@]1(C2=O)C(=O)[C@]2(C(=O)C=C1C)c1c(O)c(O)cc3oc(=O)c4c(O)cc(OC)c2c4c13. The molecule has 1 heterocycles. The molecule has 0 unspecified atom stereocenters. The molecule has 11 heteroatoms. The molecule has 1 aromatic heterocycles. The molecule has 4 aromatic rings. The Hall–Kier alpha value is -5.32. The molecular weight excluding hydrogens is 536 g/mol. The van der Waals surface area contributed by atoms with E-state index >= 15 is 4.79 Å². The Bertz CT molecular complexity index is 2080. The maximum atomic E-state index is 15.2. The summed E-state index contributed by atoms with van der Waals surface area (Å²) < 4.78 is 16.1. The molecular formula is C30H20O11. The lowest BCUT2D eigenvalue weighted by atomic mass is 9.55. The summed E-state index contributed by atoms with van der Waals surface area (Å²) in [5.74, 6) is -5.15. The standard InChI is InChI=1S/C30H20O11/c1-10-4-18(34)30(28(38)29(10)9-11-5-12(39-2)6-13(31)19(11)26(29)36)23-17(40-3)7-14(32)20-22(23)21-16(41-27(20)37)8-15(33)25(35)24(21)30/h4-8,31-33,35H,9H2,1-3H3/t29-,30-/m0/s1. The van der Waals surface area contributed by atoms with Crippen molar-refractivity contribution in [2.75, 3.05) is 14.2 Å². The van der Waals surface area contributed by atoms with Gasteiger partial charge in [-0.15, -0.1) is 0 Å². The van der Waals surface area contributed by atoms with Crippen LogP contribution in [0.2, 0.25) is 0 Å². The summed E-state index contributed by atoms with van der Waals surface area (Å²) in [5, 5.41) is 42.9. The van der Waals surface area contributed by atoms with E-state index in [2.05, 4.69) is 0 Å². The minimum Gasteiger partial charge on any atom is -0.507 e. The molecule has 2 atom stereocenters. The number of methoxy groups -OCH3 is 2. The fraction of sp³-hybridized carbons (Fsp3) is 0.200. The summed E-state index contributed by atoms with van der Waals surface area (Å²) in [4.78, 5) is 56.7. The maximum Gasteiger partial charge on any atom is 0.347 e. The zero-order valence-electron chi connectivity index (χ0n) is 21.7. The van der Waals surface area contributed by atoms with E-state index in [9.17, 15) is 34.8 Å². The van der Waals surface area contributed by atoms with Crippen molar-refractivity contribution in [3.05, 3.63) is 68.6 Å². The molecule has 0 amide bonds. The molecule has 206 valence electrons. The number of carbonyl (C=O) groups is 3. The molecule has 0 radical (unpaired) electrons. The highest BCUT2D eigenvalue weighted by molar-refractivity contribution is 6.39.